The minimum Gasteiger partial charge on any atom is -0.400 e. The maximum atomic E-state index is 13.8. The Morgan fingerprint density at radius 2 is 1.92 bits per heavy atom. The summed E-state index contributed by atoms with van der Waals surface area (Å²) in [5, 5.41) is 8.83. The van der Waals surface area contributed by atoms with Crippen molar-refractivity contribution in [1.82, 2.24) is 0 Å². The van der Waals surface area contributed by atoms with Crippen molar-refractivity contribution in [3.05, 3.63) is 40.6 Å². The summed E-state index contributed by atoms with van der Waals surface area (Å²) in [6.07, 6.45) is 1.85. The summed E-state index contributed by atoms with van der Waals surface area (Å²) in [5.41, 5.74) is 0.886. The quantitative estimate of drug-likeness (QED) is 0.723. The molecule has 2 rings (SSSR count). The summed E-state index contributed by atoms with van der Waals surface area (Å²) >= 11 is 1.17. The highest BCUT2D eigenvalue weighted by atomic mass is 32.2. The summed E-state index contributed by atoms with van der Waals surface area (Å²) in [6, 6.07) is 6.59. The maximum Gasteiger partial charge on any atom is 0.491 e. The molecule has 0 radical (unpaired) electrons. The SMILES string of the molecule is CC(=O)SCC(=Cc1ccc(F)c(CC#N)c1)B1OC(C)(C)C(C)(C)O1. The van der Waals surface area contributed by atoms with E-state index in [1.54, 1.807) is 12.1 Å². The third-order valence-electron chi connectivity index (χ3n) is 4.69. The summed E-state index contributed by atoms with van der Waals surface area (Å²) in [6.45, 7) is 9.37. The normalized spacial score (nSPS) is 18.7. The van der Waals surface area contributed by atoms with E-state index in [4.69, 9.17) is 14.6 Å². The molecule has 0 bridgehead atoms. The summed E-state index contributed by atoms with van der Waals surface area (Å²) in [7, 11) is -0.587. The molecule has 0 spiro atoms. The monoisotopic (exact) mass is 375 g/mol. The van der Waals surface area contributed by atoms with E-state index in [0.717, 1.165) is 11.0 Å². The van der Waals surface area contributed by atoms with Crippen molar-refractivity contribution in [2.75, 3.05) is 5.75 Å². The van der Waals surface area contributed by atoms with Crippen molar-refractivity contribution in [1.29, 1.82) is 5.26 Å². The number of hydrogen-bond donors (Lipinski definition) is 0. The van der Waals surface area contributed by atoms with E-state index in [-0.39, 0.29) is 11.5 Å². The number of rotatable bonds is 5. The van der Waals surface area contributed by atoms with E-state index in [9.17, 15) is 9.18 Å². The minimum atomic E-state index is -0.587. The van der Waals surface area contributed by atoms with E-state index in [1.165, 1.54) is 24.8 Å². The largest absolute Gasteiger partial charge is 0.491 e. The smallest absolute Gasteiger partial charge is 0.400 e. The van der Waals surface area contributed by atoms with Gasteiger partial charge in [0, 0.05) is 18.2 Å². The lowest BCUT2D eigenvalue weighted by atomic mass is 9.78. The van der Waals surface area contributed by atoms with Crippen molar-refractivity contribution in [3.63, 3.8) is 0 Å². The lowest BCUT2D eigenvalue weighted by Gasteiger charge is -2.32. The number of nitriles is 1. The third kappa shape index (κ3) is 4.76. The van der Waals surface area contributed by atoms with Crippen molar-refractivity contribution in [2.45, 2.75) is 52.2 Å². The van der Waals surface area contributed by atoms with Crippen LogP contribution in [-0.2, 0) is 20.5 Å². The Labute approximate surface area is 158 Å². The molecule has 0 aromatic heterocycles. The molecule has 0 unspecified atom stereocenters. The Balaban J connectivity index is 2.36. The fourth-order valence-electron chi connectivity index (χ4n) is 2.48. The van der Waals surface area contributed by atoms with E-state index in [0.29, 0.717) is 11.3 Å². The Hall–Kier alpha value is -1.62. The molecular weight excluding hydrogens is 352 g/mol. The number of benzene rings is 1. The van der Waals surface area contributed by atoms with Gasteiger partial charge in [-0.25, -0.2) is 4.39 Å². The number of nitrogens with zero attached hydrogens (tertiary/aromatic N) is 1. The van der Waals surface area contributed by atoms with Gasteiger partial charge in [0.15, 0.2) is 5.12 Å². The van der Waals surface area contributed by atoms with Gasteiger partial charge in [0.2, 0.25) is 0 Å². The van der Waals surface area contributed by atoms with E-state index >= 15 is 0 Å². The van der Waals surface area contributed by atoms with E-state index in [1.807, 2.05) is 39.8 Å². The Bertz CT molecular complexity index is 755. The molecule has 26 heavy (non-hydrogen) atoms. The lowest BCUT2D eigenvalue weighted by molar-refractivity contribution is -0.109. The fraction of sp³-hybridized carbons (Fsp3) is 0.474. The van der Waals surface area contributed by atoms with Gasteiger partial charge in [-0.3, -0.25) is 4.79 Å². The Morgan fingerprint density at radius 1 is 1.31 bits per heavy atom. The molecule has 0 aliphatic carbocycles. The summed E-state index contributed by atoms with van der Waals surface area (Å²) in [4.78, 5) is 11.4. The van der Waals surface area contributed by atoms with Crippen LogP contribution in [0.5, 0.6) is 0 Å². The number of thioether (sulfide) groups is 1. The first-order valence-corrected chi connectivity index (χ1v) is 9.39. The molecule has 0 atom stereocenters. The van der Waals surface area contributed by atoms with Crippen LogP contribution in [0.4, 0.5) is 4.39 Å². The van der Waals surface area contributed by atoms with Gasteiger partial charge < -0.3 is 9.31 Å². The van der Waals surface area contributed by atoms with Gasteiger partial charge in [0.25, 0.3) is 0 Å². The molecule has 7 heteroatoms. The molecule has 1 heterocycles. The molecular formula is C19H23BFNO3S. The van der Waals surface area contributed by atoms with Gasteiger partial charge in [0.1, 0.15) is 5.82 Å². The second kappa shape index (κ2) is 7.95. The molecule has 1 aromatic carbocycles. The second-order valence-electron chi connectivity index (χ2n) is 7.27. The van der Waals surface area contributed by atoms with E-state index in [2.05, 4.69) is 0 Å². The predicted octanol–water partition coefficient (Wildman–Crippen LogP) is 4.19. The van der Waals surface area contributed by atoms with Crippen molar-refractivity contribution in [2.24, 2.45) is 0 Å². The van der Waals surface area contributed by atoms with Crippen LogP contribution in [0, 0.1) is 17.1 Å². The zero-order valence-corrected chi connectivity index (χ0v) is 16.6. The minimum absolute atomic E-state index is 0.00152. The molecule has 1 saturated heterocycles. The molecule has 1 fully saturated rings. The van der Waals surface area contributed by atoms with Crippen LogP contribution in [0.25, 0.3) is 6.08 Å². The van der Waals surface area contributed by atoms with Crippen molar-refractivity contribution < 1.29 is 18.5 Å². The number of halogens is 1. The van der Waals surface area contributed by atoms with Crippen LogP contribution in [0.3, 0.4) is 0 Å². The molecule has 1 aromatic rings. The average molecular weight is 375 g/mol. The first-order chi connectivity index (χ1) is 12.1. The van der Waals surface area contributed by atoms with Crippen LogP contribution in [0.2, 0.25) is 0 Å². The first-order valence-electron chi connectivity index (χ1n) is 8.40. The Kier molecular flexibility index (Phi) is 6.33. The van der Waals surface area contributed by atoms with Crippen LogP contribution < -0.4 is 0 Å². The molecule has 4 nitrogen and oxygen atoms in total. The number of carbonyl (C=O) groups is 1. The van der Waals surface area contributed by atoms with Gasteiger partial charge in [-0.05, 0) is 50.9 Å². The zero-order chi connectivity index (χ0) is 19.5. The van der Waals surface area contributed by atoms with Gasteiger partial charge in [-0.15, -0.1) is 0 Å². The van der Waals surface area contributed by atoms with Crippen LogP contribution in [0.1, 0.15) is 45.7 Å². The van der Waals surface area contributed by atoms with Crippen LogP contribution in [-0.4, -0.2) is 29.2 Å². The van der Waals surface area contributed by atoms with Crippen molar-refractivity contribution >= 4 is 30.1 Å². The van der Waals surface area contributed by atoms with Gasteiger partial charge in [-0.2, -0.15) is 5.26 Å². The first kappa shape index (κ1) is 20.7. The predicted molar refractivity (Wildman–Crippen MR) is 103 cm³/mol. The van der Waals surface area contributed by atoms with Gasteiger partial charge in [0.05, 0.1) is 23.7 Å². The summed E-state index contributed by atoms with van der Waals surface area (Å²) in [5.74, 6) is 0.0101. The van der Waals surface area contributed by atoms with Crippen molar-refractivity contribution in [3.8, 4) is 6.07 Å². The summed E-state index contributed by atoms with van der Waals surface area (Å²) < 4.78 is 26.0. The van der Waals surface area contributed by atoms with Crippen LogP contribution in [0.15, 0.2) is 23.7 Å². The van der Waals surface area contributed by atoms with Crippen LogP contribution >= 0.6 is 11.8 Å². The van der Waals surface area contributed by atoms with E-state index < -0.39 is 24.1 Å². The maximum absolute atomic E-state index is 13.8. The average Bonchev–Trinajstić information content (AvgIpc) is 2.74. The molecule has 1 aliphatic heterocycles. The van der Waals surface area contributed by atoms with Gasteiger partial charge >= 0.3 is 7.12 Å². The molecule has 0 amide bonds. The molecule has 1 aliphatic rings. The second-order valence-corrected chi connectivity index (χ2v) is 8.43. The standard InChI is InChI=1S/C19H23BFNO3S/c1-13(23)26-12-16(20-24-18(2,3)19(4,5)25-20)11-14-6-7-17(21)15(10-14)8-9-22/h6-7,10-11H,8,12H2,1-5H3. The fourth-order valence-corrected chi connectivity index (χ4v) is 3.07. The topological polar surface area (TPSA) is 59.3 Å². The third-order valence-corrected chi connectivity index (χ3v) is 5.57. The molecule has 0 saturated carbocycles. The van der Waals surface area contributed by atoms with Gasteiger partial charge in [-0.1, -0.05) is 23.9 Å². The number of hydrogen-bond acceptors (Lipinski definition) is 5. The highest BCUT2D eigenvalue weighted by molar-refractivity contribution is 8.13. The molecule has 138 valence electrons. The Morgan fingerprint density at radius 3 is 2.46 bits per heavy atom. The zero-order valence-electron chi connectivity index (χ0n) is 15.8. The molecule has 0 N–H and O–H groups in total. The highest BCUT2D eigenvalue weighted by Crippen LogP contribution is 2.39. The number of carbonyl (C=O) groups excluding carboxylic acids is 1. The highest BCUT2D eigenvalue weighted by Gasteiger charge is 2.52. The lowest BCUT2D eigenvalue weighted by Crippen LogP contribution is -2.41.